The Morgan fingerprint density at radius 1 is 1.62 bits per heavy atom. The van der Waals surface area contributed by atoms with E-state index < -0.39 is 6.09 Å². The minimum atomic E-state index is -0.866. The van der Waals surface area contributed by atoms with Gasteiger partial charge < -0.3 is 14.7 Å². The van der Waals surface area contributed by atoms with E-state index >= 15 is 0 Å². The highest BCUT2D eigenvalue weighted by Gasteiger charge is 2.46. The number of hydrogen-bond donors (Lipinski definition) is 1. The third kappa shape index (κ3) is 1.31. The van der Waals surface area contributed by atoms with E-state index in [1.54, 1.807) is 12.4 Å². The Bertz CT molecular complexity index is 422. The van der Waals surface area contributed by atoms with E-state index in [1.807, 2.05) is 6.07 Å². The van der Waals surface area contributed by atoms with Crippen molar-refractivity contribution in [3.8, 4) is 5.75 Å². The molecule has 1 N–H and O–H groups in total. The molecule has 0 aromatic carbocycles. The summed E-state index contributed by atoms with van der Waals surface area (Å²) in [6.45, 7) is 1.01. The molecule has 1 aromatic rings. The standard InChI is InChI=1S/C11H12N2O3/c14-10(15)13-4-2-11(7-13)5-8-6-12-3-1-9(8)16-11/h1,3,6H,2,4-5,7H2,(H,14,15). The minimum absolute atomic E-state index is 0.343. The highest BCUT2D eigenvalue weighted by atomic mass is 16.5. The molecule has 2 aliphatic heterocycles. The van der Waals surface area contributed by atoms with Crippen molar-refractivity contribution in [3.63, 3.8) is 0 Å². The van der Waals surface area contributed by atoms with Crippen LogP contribution in [-0.4, -0.2) is 39.8 Å². The molecule has 84 valence electrons. The van der Waals surface area contributed by atoms with Crippen LogP contribution >= 0.6 is 0 Å². The zero-order chi connectivity index (χ0) is 11.2. The van der Waals surface area contributed by atoms with Crippen LogP contribution in [0.1, 0.15) is 12.0 Å². The molecule has 1 aromatic heterocycles. The quantitative estimate of drug-likeness (QED) is 0.712. The van der Waals surface area contributed by atoms with Crippen molar-refractivity contribution in [2.75, 3.05) is 13.1 Å². The van der Waals surface area contributed by atoms with Crippen molar-refractivity contribution in [1.29, 1.82) is 0 Å². The fourth-order valence-electron chi connectivity index (χ4n) is 2.50. The number of rotatable bonds is 0. The van der Waals surface area contributed by atoms with Crippen LogP contribution in [0.2, 0.25) is 0 Å². The van der Waals surface area contributed by atoms with Crippen LogP contribution in [0.5, 0.6) is 5.75 Å². The van der Waals surface area contributed by atoms with Crippen molar-refractivity contribution < 1.29 is 14.6 Å². The van der Waals surface area contributed by atoms with Crippen LogP contribution < -0.4 is 4.74 Å². The maximum absolute atomic E-state index is 10.9. The average Bonchev–Trinajstić information content (AvgIpc) is 2.82. The van der Waals surface area contributed by atoms with E-state index in [0.29, 0.717) is 13.1 Å². The maximum atomic E-state index is 10.9. The molecule has 1 fully saturated rings. The van der Waals surface area contributed by atoms with E-state index in [0.717, 1.165) is 24.2 Å². The smallest absolute Gasteiger partial charge is 0.407 e. The van der Waals surface area contributed by atoms with Gasteiger partial charge in [-0.2, -0.15) is 0 Å². The Balaban J connectivity index is 1.83. The monoisotopic (exact) mass is 220 g/mol. The normalized spacial score (nSPS) is 26.9. The number of pyridine rings is 1. The van der Waals surface area contributed by atoms with Crippen molar-refractivity contribution in [2.24, 2.45) is 0 Å². The summed E-state index contributed by atoms with van der Waals surface area (Å²) in [5, 5.41) is 8.93. The van der Waals surface area contributed by atoms with Gasteiger partial charge >= 0.3 is 6.09 Å². The van der Waals surface area contributed by atoms with Gasteiger partial charge in [0.2, 0.25) is 0 Å². The number of nitrogens with zero attached hydrogens (tertiary/aromatic N) is 2. The molecule has 0 aliphatic carbocycles. The van der Waals surface area contributed by atoms with Gasteiger partial charge in [-0.1, -0.05) is 0 Å². The summed E-state index contributed by atoms with van der Waals surface area (Å²) >= 11 is 0. The van der Waals surface area contributed by atoms with Gasteiger partial charge in [-0.15, -0.1) is 0 Å². The Hall–Kier alpha value is -1.78. The summed E-state index contributed by atoms with van der Waals surface area (Å²) in [6.07, 6.45) is 4.15. The SMILES string of the molecule is O=C(O)N1CCC2(Cc3cnccc3O2)C1. The summed E-state index contributed by atoms with van der Waals surface area (Å²) in [7, 11) is 0. The second-order valence-electron chi connectivity index (χ2n) is 4.40. The zero-order valence-electron chi connectivity index (χ0n) is 8.72. The van der Waals surface area contributed by atoms with Crippen LogP contribution in [-0.2, 0) is 6.42 Å². The molecule has 3 rings (SSSR count). The third-order valence-corrected chi connectivity index (χ3v) is 3.28. The van der Waals surface area contributed by atoms with Crippen LogP contribution in [0, 0.1) is 0 Å². The molecule has 16 heavy (non-hydrogen) atoms. The van der Waals surface area contributed by atoms with Crippen LogP contribution in [0.15, 0.2) is 18.5 Å². The van der Waals surface area contributed by atoms with Gasteiger partial charge in [0.15, 0.2) is 0 Å². The second kappa shape index (κ2) is 3.10. The number of carbonyl (C=O) groups is 1. The molecule has 3 heterocycles. The van der Waals surface area contributed by atoms with Gasteiger partial charge in [0, 0.05) is 37.3 Å². The predicted octanol–water partition coefficient (Wildman–Crippen LogP) is 1.14. The first-order valence-corrected chi connectivity index (χ1v) is 5.28. The minimum Gasteiger partial charge on any atom is -0.485 e. The predicted molar refractivity (Wildman–Crippen MR) is 55.5 cm³/mol. The van der Waals surface area contributed by atoms with Gasteiger partial charge in [-0.25, -0.2) is 4.79 Å². The Morgan fingerprint density at radius 3 is 3.19 bits per heavy atom. The number of aromatic nitrogens is 1. The van der Waals surface area contributed by atoms with Crippen molar-refractivity contribution in [1.82, 2.24) is 9.88 Å². The Labute approximate surface area is 92.7 Å². The molecule has 0 bridgehead atoms. The third-order valence-electron chi connectivity index (χ3n) is 3.28. The summed E-state index contributed by atoms with van der Waals surface area (Å²) in [5.41, 5.74) is 0.735. The lowest BCUT2D eigenvalue weighted by Crippen LogP contribution is -2.39. The molecular weight excluding hydrogens is 208 g/mol. The first-order valence-electron chi connectivity index (χ1n) is 5.28. The number of hydrogen-bond acceptors (Lipinski definition) is 3. The number of amides is 1. The van der Waals surface area contributed by atoms with Crippen molar-refractivity contribution >= 4 is 6.09 Å². The van der Waals surface area contributed by atoms with E-state index in [4.69, 9.17) is 9.84 Å². The Kier molecular flexibility index (Phi) is 1.83. The van der Waals surface area contributed by atoms with Crippen LogP contribution in [0.4, 0.5) is 4.79 Å². The maximum Gasteiger partial charge on any atom is 0.407 e. The average molecular weight is 220 g/mol. The summed E-state index contributed by atoms with van der Waals surface area (Å²) in [4.78, 5) is 16.3. The van der Waals surface area contributed by atoms with Gasteiger partial charge in [-0.3, -0.25) is 4.98 Å². The van der Waals surface area contributed by atoms with Gasteiger partial charge in [0.25, 0.3) is 0 Å². The topological polar surface area (TPSA) is 62.7 Å². The van der Waals surface area contributed by atoms with E-state index in [1.165, 1.54) is 4.90 Å². The van der Waals surface area contributed by atoms with E-state index in [2.05, 4.69) is 4.98 Å². The lowest BCUT2D eigenvalue weighted by Gasteiger charge is -2.22. The number of fused-ring (bicyclic) bond motifs is 1. The van der Waals surface area contributed by atoms with E-state index in [9.17, 15) is 4.79 Å². The number of ether oxygens (including phenoxy) is 1. The number of likely N-dealkylation sites (tertiary alicyclic amines) is 1. The second-order valence-corrected chi connectivity index (χ2v) is 4.40. The van der Waals surface area contributed by atoms with Crippen LogP contribution in [0.3, 0.4) is 0 Å². The molecule has 0 saturated carbocycles. The molecular formula is C11H12N2O3. The van der Waals surface area contributed by atoms with Crippen molar-refractivity contribution in [2.45, 2.75) is 18.4 Å². The first-order chi connectivity index (χ1) is 7.69. The summed E-state index contributed by atoms with van der Waals surface area (Å²) in [5.74, 6) is 0.849. The lowest BCUT2D eigenvalue weighted by atomic mass is 9.97. The van der Waals surface area contributed by atoms with Gasteiger partial charge in [0.05, 0.1) is 6.54 Å². The molecule has 2 aliphatic rings. The fraction of sp³-hybridized carbons (Fsp3) is 0.455. The first kappa shape index (κ1) is 9.45. The fourth-order valence-corrected chi connectivity index (χ4v) is 2.50. The molecule has 1 amide bonds. The number of carboxylic acid groups (broad SMARTS) is 1. The van der Waals surface area contributed by atoms with Crippen molar-refractivity contribution in [3.05, 3.63) is 24.0 Å². The van der Waals surface area contributed by atoms with Gasteiger partial charge in [-0.05, 0) is 6.07 Å². The molecule has 0 radical (unpaired) electrons. The lowest BCUT2D eigenvalue weighted by molar-refractivity contribution is 0.0966. The van der Waals surface area contributed by atoms with E-state index in [-0.39, 0.29) is 5.60 Å². The molecule has 5 nitrogen and oxygen atoms in total. The molecule has 1 atom stereocenters. The molecule has 1 spiro atoms. The molecule has 1 unspecified atom stereocenters. The van der Waals surface area contributed by atoms with Crippen LogP contribution in [0.25, 0.3) is 0 Å². The zero-order valence-corrected chi connectivity index (χ0v) is 8.72. The highest BCUT2D eigenvalue weighted by Crippen LogP contribution is 2.39. The Morgan fingerprint density at radius 2 is 2.50 bits per heavy atom. The summed E-state index contributed by atoms with van der Waals surface area (Å²) < 4.78 is 5.89. The molecule has 5 heteroatoms. The highest BCUT2D eigenvalue weighted by molar-refractivity contribution is 5.65. The molecule has 1 saturated heterocycles. The van der Waals surface area contributed by atoms with Gasteiger partial charge in [0.1, 0.15) is 11.4 Å². The summed E-state index contributed by atoms with van der Waals surface area (Å²) in [6, 6.07) is 1.84. The largest absolute Gasteiger partial charge is 0.485 e.